The third-order valence-electron chi connectivity index (χ3n) is 3.40. The van der Waals surface area contributed by atoms with Gasteiger partial charge >= 0.3 is 6.03 Å². The van der Waals surface area contributed by atoms with Gasteiger partial charge in [-0.15, -0.1) is 0 Å². The Morgan fingerprint density at radius 3 is 2.76 bits per heavy atom. The predicted molar refractivity (Wildman–Crippen MR) is 82.6 cm³/mol. The highest BCUT2D eigenvalue weighted by atomic mass is 32.2. The van der Waals surface area contributed by atoms with Gasteiger partial charge in [0.25, 0.3) is 0 Å². The molecule has 0 spiro atoms. The Kier molecular flexibility index (Phi) is 6.07. The molecule has 1 heterocycles. The summed E-state index contributed by atoms with van der Waals surface area (Å²) in [7, 11) is 0. The molecule has 1 fully saturated rings. The van der Waals surface area contributed by atoms with Crippen LogP contribution in [0.2, 0.25) is 0 Å². The minimum Gasteiger partial charge on any atom is -0.376 e. The van der Waals surface area contributed by atoms with E-state index < -0.39 is 0 Å². The first kappa shape index (κ1) is 15.9. The molecule has 2 rings (SSSR count). The molecule has 3 amide bonds. The maximum atomic E-state index is 12.4. The van der Waals surface area contributed by atoms with Crippen LogP contribution in [0.5, 0.6) is 0 Å². The van der Waals surface area contributed by atoms with Crippen LogP contribution in [-0.4, -0.2) is 47.2 Å². The van der Waals surface area contributed by atoms with E-state index in [1.807, 2.05) is 36.6 Å². The maximum Gasteiger partial charge on any atom is 0.336 e. The molecule has 0 N–H and O–H groups in total. The van der Waals surface area contributed by atoms with Gasteiger partial charge in [-0.2, -0.15) is 0 Å². The second-order valence-electron chi connectivity index (χ2n) is 4.88. The average molecular weight is 308 g/mol. The number of amides is 3. The summed E-state index contributed by atoms with van der Waals surface area (Å²) in [6, 6.07) is 9.43. The van der Waals surface area contributed by atoms with Gasteiger partial charge in [0.05, 0.1) is 19.2 Å². The second kappa shape index (κ2) is 8.05. The number of benzene rings is 1. The second-order valence-corrected chi connectivity index (χ2v) is 5.69. The van der Waals surface area contributed by atoms with Crippen LogP contribution >= 0.6 is 11.9 Å². The summed E-state index contributed by atoms with van der Waals surface area (Å²) < 4.78 is 7.07. The van der Waals surface area contributed by atoms with E-state index in [1.165, 1.54) is 16.8 Å². The van der Waals surface area contributed by atoms with Crippen molar-refractivity contribution in [3.63, 3.8) is 0 Å². The normalized spacial score (nSPS) is 17.5. The first-order valence-electron chi connectivity index (χ1n) is 6.97. The molecule has 1 aliphatic rings. The van der Waals surface area contributed by atoms with E-state index in [-0.39, 0.29) is 12.1 Å². The van der Waals surface area contributed by atoms with Crippen LogP contribution < -0.4 is 0 Å². The first-order valence-corrected chi connectivity index (χ1v) is 8.16. The lowest BCUT2D eigenvalue weighted by molar-refractivity contribution is -0.117. The summed E-state index contributed by atoms with van der Waals surface area (Å²) in [6.07, 6.45) is 4.28. The molecule has 114 valence electrons. The van der Waals surface area contributed by atoms with E-state index >= 15 is 0 Å². The number of rotatable bonds is 6. The van der Waals surface area contributed by atoms with Gasteiger partial charge in [-0.1, -0.05) is 30.3 Å². The molecule has 0 aliphatic carbocycles. The number of urea groups is 1. The van der Waals surface area contributed by atoms with Gasteiger partial charge in [-0.25, -0.2) is 4.79 Å². The number of hydrogen-bond donors (Lipinski definition) is 0. The molecule has 6 heteroatoms. The Morgan fingerprint density at radius 2 is 2.19 bits per heavy atom. The zero-order chi connectivity index (χ0) is 15.1. The number of carbonyl (C=O) groups excluding carboxylic acids is 2. The fraction of sp³-hybridized carbons (Fsp3) is 0.467. The van der Waals surface area contributed by atoms with Crippen molar-refractivity contribution < 1.29 is 14.3 Å². The standard InChI is InChI=1S/C15H20N2O3S/c1-21-17(10-13-6-3-2-4-7-13)15(19)16(12-18)11-14-8-5-9-20-14/h2-4,6-7,12,14H,5,8-11H2,1H3. The van der Waals surface area contributed by atoms with Crippen LogP contribution in [0.4, 0.5) is 4.79 Å². The van der Waals surface area contributed by atoms with Crippen LogP contribution in [0.25, 0.3) is 0 Å². The van der Waals surface area contributed by atoms with Crippen LogP contribution in [0.15, 0.2) is 30.3 Å². The molecule has 1 aromatic rings. The van der Waals surface area contributed by atoms with Crippen LogP contribution in [0.3, 0.4) is 0 Å². The van der Waals surface area contributed by atoms with Crippen LogP contribution in [0, 0.1) is 0 Å². The molecule has 21 heavy (non-hydrogen) atoms. The average Bonchev–Trinajstić information content (AvgIpc) is 3.03. The highest BCUT2D eigenvalue weighted by Crippen LogP contribution is 2.17. The summed E-state index contributed by atoms with van der Waals surface area (Å²) in [5.41, 5.74) is 1.03. The number of nitrogens with zero attached hydrogens (tertiary/aromatic N) is 2. The molecular formula is C15H20N2O3S. The zero-order valence-electron chi connectivity index (χ0n) is 12.1. The quantitative estimate of drug-likeness (QED) is 0.598. The minimum atomic E-state index is -0.295. The lowest BCUT2D eigenvalue weighted by atomic mass is 10.2. The van der Waals surface area contributed by atoms with Gasteiger partial charge in [0, 0.05) is 12.9 Å². The Labute approximate surface area is 129 Å². The van der Waals surface area contributed by atoms with E-state index in [9.17, 15) is 9.59 Å². The number of hydrogen-bond acceptors (Lipinski definition) is 4. The molecule has 0 bridgehead atoms. The number of ether oxygens (including phenoxy) is 1. The van der Waals surface area contributed by atoms with Crippen molar-refractivity contribution in [1.29, 1.82) is 0 Å². The molecule has 1 aromatic carbocycles. The van der Waals surface area contributed by atoms with E-state index in [4.69, 9.17) is 4.74 Å². The van der Waals surface area contributed by atoms with Gasteiger partial charge in [-0.05, 0) is 30.4 Å². The summed E-state index contributed by atoms with van der Waals surface area (Å²) in [4.78, 5) is 24.9. The molecule has 5 nitrogen and oxygen atoms in total. The van der Waals surface area contributed by atoms with Gasteiger partial charge in [0.1, 0.15) is 0 Å². The van der Waals surface area contributed by atoms with E-state index in [0.717, 1.165) is 18.4 Å². The fourth-order valence-electron chi connectivity index (χ4n) is 2.28. The first-order chi connectivity index (χ1) is 10.2. The van der Waals surface area contributed by atoms with Crippen LogP contribution in [0.1, 0.15) is 18.4 Å². The molecule has 0 radical (unpaired) electrons. The lowest BCUT2D eigenvalue weighted by Gasteiger charge is -2.26. The predicted octanol–water partition coefficient (Wildman–Crippen LogP) is 2.52. The molecule has 0 saturated carbocycles. The molecule has 0 aromatic heterocycles. The monoisotopic (exact) mass is 308 g/mol. The van der Waals surface area contributed by atoms with Crippen molar-refractivity contribution in [2.24, 2.45) is 0 Å². The minimum absolute atomic E-state index is 0.0282. The lowest BCUT2D eigenvalue weighted by Crippen LogP contribution is -2.42. The van der Waals surface area contributed by atoms with E-state index in [1.54, 1.807) is 4.31 Å². The number of imide groups is 1. The Morgan fingerprint density at radius 1 is 1.43 bits per heavy atom. The third-order valence-corrected chi connectivity index (χ3v) is 4.13. The zero-order valence-corrected chi connectivity index (χ0v) is 12.9. The van der Waals surface area contributed by atoms with Gasteiger partial charge in [0.2, 0.25) is 6.41 Å². The molecule has 1 saturated heterocycles. The Balaban J connectivity index is 1.97. The molecule has 1 unspecified atom stereocenters. The summed E-state index contributed by atoms with van der Waals surface area (Å²) >= 11 is 1.32. The largest absolute Gasteiger partial charge is 0.376 e. The Bertz CT molecular complexity index is 463. The van der Waals surface area contributed by atoms with Crippen molar-refractivity contribution >= 4 is 24.4 Å². The van der Waals surface area contributed by atoms with E-state index in [0.29, 0.717) is 26.1 Å². The van der Waals surface area contributed by atoms with E-state index in [2.05, 4.69) is 0 Å². The summed E-state index contributed by atoms with van der Waals surface area (Å²) in [5.74, 6) is 0. The highest BCUT2D eigenvalue weighted by molar-refractivity contribution is 7.96. The fourth-order valence-corrected chi connectivity index (χ4v) is 2.82. The van der Waals surface area contributed by atoms with Crippen molar-refractivity contribution in [1.82, 2.24) is 9.21 Å². The number of carbonyl (C=O) groups is 2. The van der Waals surface area contributed by atoms with Crippen molar-refractivity contribution in [2.45, 2.75) is 25.5 Å². The maximum absolute atomic E-state index is 12.4. The molecular weight excluding hydrogens is 288 g/mol. The summed E-state index contributed by atoms with van der Waals surface area (Å²) in [5, 5.41) is 0. The van der Waals surface area contributed by atoms with Gasteiger partial charge < -0.3 is 4.74 Å². The van der Waals surface area contributed by atoms with Crippen molar-refractivity contribution in [3.8, 4) is 0 Å². The SMILES string of the molecule is CSN(Cc1ccccc1)C(=O)N(C=O)CC1CCCO1. The van der Waals surface area contributed by atoms with Crippen molar-refractivity contribution in [3.05, 3.63) is 35.9 Å². The van der Waals surface area contributed by atoms with Crippen LogP contribution in [-0.2, 0) is 16.1 Å². The van der Waals surface area contributed by atoms with Gasteiger partial charge in [-0.3, -0.25) is 14.0 Å². The smallest absolute Gasteiger partial charge is 0.336 e. The topological polar surface area (TPSA) is 49.9 Å². The highest BCUT2D eigenvalue weighted by Gasteiger charge is 2.25. The summed E-state index contributed by atoms with van der Waals surface area (Å²) in [6.45, 7) is 1.51. The van der Waals surface area contributed by atoms with Gasteiger partial charge in [0.15, 0.2) is 0 Å². The third kappa shape index (κ3) is 4.47. The Hall–Kier alpha value is -1.53. The molecule has 1 atom stereocenters. The van der Waals surface area contributed by atoms with Crippen molar-refractivity contribution in [2.75, 3.05) is 19.4 Å². The molecule has 1 aliphatic heterocycles.